The molecule has 4 heteroatoms. The van der Waals surface area contributed by atoms with Gasteiger partial charge >= 0.3 is 0 Å². The van der Waals surface area contributed by atoms with Crippen LogP contribution in [0.25, 0.3) is 11.0 Å². The van der Waals surface area contributed by atoms with Gasteiger partial charge < -0.3 is 9.84 Å². The van der Waals surface area contributed by atoms with E-state index >= 15 is 0 Å². The number of aromatic nitrogens is 2. The van der Waals surface area contributed by atoms with Gasteiger partial charge in [0.15, 0.2) is 0 Å². The van der Waals surface area contributed by atoms with E-state index < -0.39 is 0 Å². The Hall–Kier alpha value is -1.84. The molecule has 1 N–H and O–H groups in total. The maximum Gasteiger partial charge on any atom is 0.233 e. The summed E-state index contributed by atoms with van der Waals surface area (Å²) in [6.07, 6.45) is 8.88. The Morgan fingerprint density at radius 2 is 2.05 bits per heavy atom. The Balaban J connectivity index is 1.52. The molecule has 0 aliphatic heterocycles. The first-order valence-corrected chi connectivity index (χ1v) is 8.21. The second-order valence-electron chi connectivity index (χ2n) is 7.00. The van der Waals surface area contributed by atoms with Gasteiger partial charge in [-0.1, -0.05) is 12.8 Å². The zero-order valence-corrected chi connectivity index (χ0v) is 13.0. The van der Waals surface area contributed by atoms with E-state index in [9.17, 15) is 5.11 Å². The molecule has 0 radical (unpaired) electrons. The second-order valence-corrected chi connectivity index (χ2v) is 7.00. The average molecular weight is 298 g/mol. The fourth-order valence-corrected chi connectivity index (χ4v) is 3.41. The van der Waals surface area contributed by atoms with E-state index in [4.69, 9.17) is 4.74 Å². The molecular weight excluding hydrogens is 276 g/mol. The molecule has 2 aliphatic rings. The molecule has 116 valence electrons. The van der Waals surface area contributed by atoms with Gasteiger partial charge in [0.2, 0.25) is 5.88 Å². The summed E-state index contributed by atoms with van der Waals surface area (Å²) in [5, 5.41) is 10.2. The molecule has 2 aromatic rings. The van der Waals surface area contributed by atoms with Crippen LogP contribution in [0, 0.1) is 11.3 Å². The molecule has 0 amide bonds. The average Bonchev–Trinajstić information content (AvgIpc) is 3.44. The summed E-state index contributed by atoms with van der Waals surface area (Å²) >= 11 is 0. The third kappa shape index (κ3) is 2.74. The molecule has 4 nitrogen and oxygen atoms in total. The largest absolute Gasteiger partial charge is 0.497 e. The van der Waals surface area contributed by atoms with E-state index in [-0.39, 0.29) is 5.88 Å². The van der Waals surface area contributed by atoms with E-state index in [1.54, 1.807) is 13.2 Å². The number of aromatic hydroxyl groups is 1. The van der Waals surface area contributed by atoms with Crippen LogP contribution in [0.1, 0.15) is 44.2 Å². The molecule has 0 unspecified atom stereocenters. The number of nitrogens with zero attached hydrogens (tertiary/aromatic N) is 2. The summed E-state index contributed by atoms with van der Waals surface area (Å²) in [4.78, 5) is 8.90. The van der Waals surface area contributed by atoms with Crippen LogP contribution >= 0.6 is 0 Å². The van der Waals surface area contributed by atoms with Gasteiger partial charge in [0.25, 0.3) is 0 Å². The zero-order chi connectivity index (χ0) is 15.2. The number of hydrogen-bond acceptors (Lipinski definition) is 4. The molecule has 4 rings (SSSR count). The summed E-state index contributed by atoms with van der Waals surface area (Å²) in [5.74, 6) is 1.78. The fraction of sp³-hybridized carbons (Fsp3) is 0.556. The number of rotatable bonds is 6. The van der Waals surface area contributed by atoms with Crippen LogP contribution in [0.2, 0.25) is 0 Å². The van der Waals surface area contributed by atoms with Gasteiger partial charge in [-0.3, -0.25) is 0 Å². The number of aryl methyl sites for hydroxylation is 1. The predicted octanol–water partition coefficient (Wildman–Crippen LogP) is 3.86. The molecule has 0 saturated heterocycles. The van der Waals surface area contributed by atoms with Crippen molar-refractivity contribution in [3.8, 4) is 11.6 Å². The smallest absolute Gasteiger partial charge is 0.233 e. The van der Waals surface area contributed by atoms with Crippen LogP contribution in [0.3, 0.4) is 0 Å². The van der Waals surface area contributed by atoms with E-state index in [1.165, 1.54) is 32.1 Å². The minimum absolute atomic E-state index is 0.0722. The predicted molar refractivity (Wildman–Crippen MR) is 85.1 cm³/mol. The first-order valence-electron chi connectivity index (χ1n) is 8.21. The number of fused-ring (bicyclic) bond motifs is 1. The molecule has 1 aromatic carbocycles. The van der Waals surface area contributed by atoms with Crippen molar-refractivity contribution in [1.29, 1.82) is 0 Å². The lowest BCUT2D eigenvalue weighted by atomic mass is 9.92. The molecule has 1 aromatic heterocycles. The Kier molecular flexibility index (Phi) is 3.21. The number of methoxy groups -OCH3 is 1. The molecule has 0 spiro atoms. The van der Waals surface area contributed by atoms with Crippen molar-refractivity contribution in [3.05, 3.63) is 23.9 Å². The van der Waals surface area contributed by atoms with E-state index in [0.717, 1.165) is 35.7 Å². The first kappa shape index (κ1) is 13.8. The highest BCUT2D eigenvalue weighted by atomic mass is 16.5. The summed E-state index contributed by atoms with van der Waals surface area (Å²) in [7, 11) is 1.62. The van der Waals surface area contributed by atoms with E-state index in [1.807, 2.05) is 12.1 Å². The minimum Gasteiger partial charge on any atom is -0.497 e. The van der Waals surface area contributed by atoms with Crippen molar-refractivity contribution < 1.29 is 9.84 Å². The van der Waals surface area contributed by atoms with Gasteiger partial charge in [0.05, 0.1) is 18.1 Å². The Morgan fingerprint density at radius 1 is 1.23 bits per heavy atom. The number of benzene rings is 1. The highest BCUT2D eigenvalue weighted by Crippen LogP contribution is 2.57. The Morgan fingerprint density at radius 3 is 2.73 bits per heavy atom. The maximum atomic E-state index is 10.2. The molecule has 0 bridgehead atoms. The minimum atomic E-state index is 0.0722. The lowest BCUT2D eigenvalue weighted by Crippen LogP contribution is -2.05. The lowest BCUT2D eigenvalue weighted by Gasteiger charge is -2.14. The molecular formula is C18H22N2O2. The van der Waals surface area contributed by atoms with Crippen molar-refractivity contribution in [1.82, 2.24) is 9.97 Å². The van der Waals surface area contributed by atoms with Crippen LogP contribution in [0.5, 0.6) is 11.6 Å². The SMILES string of the molecule is COc1ccc2nc(CCC3(CC4CC4)CC3)c(O)nc2c1. The van der Waals surface area contributed by atoms with Crippen LogP contribution in [0.4, 0.5) is 0 Å². The molecule has 0 atom stereocenters. The third-order valence-electron chi connectivity index (χ3n) is 5.19. The maximum absolute atomic E-state index is 10.2. The molecule has 22 heavy (non-hydrogen) atoms. The van der Waals surface area contributed by atoms with E-state index in [0.29, 0.717) is 10.9 Å². The quantitative estimate of drug-likeness (QED) is 0.880. The standard InChI is InChI=1S/C18H22N2O2/c1-22-13-4-5-14-16(10-13)20-17(21)15(19-14)6-7-18(8-9-18)11-12-2-3-12/h4-5,10,12H,2-3,6-9,11H2,1H3,(H,20,21). The van der Waals surface area contributed by atoms with Crippen LogP contribution in [-0.4, -0.2) is 22.2 Å². The summed E-state index contributed by atoms with van der Waals surface area (Å²) < 4.78 is 5.19. The summed E-state index contributed by atoms with van der Waals surface area (Å²) in [5.41, 5.74) is 2.78. The third-order valence-corrected chi connectivity index (χ3v) is 5.19. The second kappa shape index (κ2) is 5.11. The normalized spacial score (nSPS) is 19.3. The molecule has 2 fully saturated rings. The van der Waals surface area contributed by atoms with Gasteiger partial charge in [-0.15, -0.1) is 0 Å². The van der Waals surface area contributed by atoms with Crippen LogP contribution in [-0.2, 0) is 6.42 Å². The van der Waals surface area contributed by atoms with Gasteiger partial charge in [-0.25, -0.2) is 9.97 Å². The lowest BCUT2D eigenvalue weighted by molar-refractivity contribution is 0.392. The van der Waals surface area contributed by atoms with Crippen LogP contribution in [0.15, 0.2) is 18.2 Å². The Labute approximate surface area is 130 Å². The van der Waals surface area contributed by atoms with Gasteiger partial charge in [-0.05, 0) is 55.6 Å². The van der Waals surface area contributed by atoms with Crippen molar-refractivity contribution >= 4 is 11.0 Å². The summed E-state index contributed by atoms with van der Waals surface area (Å²) in [6.45, 7) is 0. The van der Waals surface area contributed by atoms with Gasteiger partial charge in [0.1, 0.15) is 11.4 Å². The van der Waals surface area contributed by atoms with Gasteiger partial charge in [0, 0.05) is 6.07 Å². The van der Waals surface area contributed by atoms with E-state index in [2.05, 4.69) is 9.97 Å². The van der Waals surface area contributed by atoms with Crippen molar-refractivity contribution in [2.24, 2.45) is 11.3 Å². The molecule has 2 aliphatic carbocycles. The topological polar surface area (TPSA) is 55.2 Å². The monoisotopic (exact) mass is 298 g/mol. The highest BCUT2D eigenvalue weighted by Gasteiger charge is 2.45. The zero-order valence-electron chi connectivity index (χ0n) is 13.0. The van der Waals surface area contributed by atoms with Crippen molar-refractivity contribution in [2.75, 3.05) is 7.11 Å². The number of hydrogen-bond donors (Lipinski definition) is 1. The Bertz CT molecular complexity index is 706. The summed E-state index contributed by atoms with van der Waals surface area (Å²) in [6, 6.07) is 5.59. The van der Waals surface area contributed by atoms with Crippen LogP contribution < -0.4 is 4.74 Å². The van der Waals surface area contributed by atoms with Gasteiger partial charge in [-0.2, -0.15) is 0 Å². The molecule has 2 saturated carbocycles. The van der Waals surface area contributed by atoms with Crippen molar-refractivity contribution in [3.63, 3.8) is 0 Å². The first-order chi connectivity index (χ1) is 10.7. The van der Waals surface area contributed by atoms with Crippen molar-refractivity contribution in [2.45, 2.75) is 44.9 Å². The fourth-order valence-electron chi connectivity index (χ4n) is 3.41. The number of ether oxygens (including phenoxy) is 1. The molecule has 1 heterocycles. The highest BCUT2D eigenvalue weighted by molar-refractivity contribution is 5.76.